The Balaban J connectivity index is 1.98. The number of nitrogens with zero attached hydrogens (tertiary/aromatic N) is 4. The first-order chi connectivity index (χ1) is 12.4. The summed E-state index contributed by atoms with van der Waals surface area (Å²) in [6, 6.07) is 5.98. The number of hydrogen-bond acceptors (Lipinski definition) is 6. The maximum Gasteiger partial charge on any atom is 0.326 e. The minimum Gasteiger partial charge on any atom is -0.484 e. The third-order valence-corrected chi connectivity index (χ3v) is 4.20. The zero-order valence-corrected chi connectivity index (χ0v) is 15.2. The fraction of sp³-hybridized carbons (Fsp3) is 0.438. The van der Waals surface area contributed by atoms with Crippen LogP contribution in [0.25, 0.3) is 0 Å². The molecule has 26 heavy (non-hydrogen) atoms. The number of carbonyl (C=O) groups excluding carboxylic acids is 1. The van der Waals surface area contributed by atoms with Crippen LogP contribution < -0.4 is 10.1 Å². The van der Waals surface area contributed by atoms with Gasteiger partial charge in [0.25, 0.3) is 0 Å². The summed E-state index contributed by atoms with van der Waals surface area (Å²) in [6.45, 7) is 3.42. The zero-order chi connectivity index (χ0) is 19.1. The number of hydrogen-bond donors (Lipinski definition) is 2. The van der Waals surface area contributed by atoms with Crippen LogP contribution in [0, 0.1) is 5.92 Å². The van der Waals surface area contributed by atoms with E-state index in [4.69, 9.17) is 16.3 Å². The topological polar surface area (TPSA) is 119 Å². The molecule has 0 aliphatic rings. The Bertz CT molecular complexity index is 767. The number of para-hydroxylation sites is 1. The summed E-state index contributed by atoms with van der Waals surface area (Å²) in [6.07, 6.45) is 0.624. The number of tetrazole rings is 1. The van der Waals surface area contributed by atoms with E-state index in [-0.39, 0.29) is 19.1 Å². The Morgan fingerprint density at radius 1 is 1.38 bits per heavy atom. The van der Waals surface area contributed by atoms with Gasteiger partial charge in [-0.3, -0.25) is 4.79 Å². The summed E-state index contributed by atoms with van der Waals surface area (Å²) >= 11 is 6.02. The molecule has 0 aliphatic carbocycles. The van der Waals surface area contributed by atoms with Crippen LogP contribution in [0.3, 0.4) is 0 Å². The number of amides is 1. The predicted molar refractivity (Wildman–Crippen MR) is 92.6 cm³/mol. The molecule has 1 aromatic heterocycles. The lowest BCUT2D eigenvalue weighted by molar-refractivity contribution is -0.143. The Hall–Kier alpha value is -2.68. The van der Waals surface area contributed by atoms with Crippen LogP contribution in [-0.2, 0) is 22.7 Å². The monoisotopic (exact) mass is 381 g/mol. The van der Waals surface area contributed by atoms with Gasteiger partial charge in [-0.15, -0.1) is 5.10 Å². The van der Waals surface area contributed by atoms with E-state index in [2.05, 4.69) is 20.8 Å². The molecule has 0 saturated carbocycles. The van der Waals surface area contributed by atoms with E-state index in [0.717, 1.165) is 0 Å². The number of benzene rings is 1. The minimum absolute atomic E-state index is 0.0116. The van der Waals surface area contributed by atoms with Crippen molar-refractivity contribution in [1.29, 1.82) is 0 Å². The molecule has 2 atom stereocenters. The molecule has 1 aromatic carbocycles. The van der Waals surface area contributed by atoms with Crippen LogP contribution in [0.4, 0.5) is 0 Å². The predicted octanol–water partition coefficient (Wildman–Crippen LogP) is 1.52. The van der Waals surface area contributed by atoms with Gasteiger partial charge in [0.05, 0.1) is 5.02 Å². The average molecular weight is 382 g/mol. The molecule has 1 amide bonds. The van der Waals surface area contributed by atoms with E-state index < -0.39 is 17.9 Å². The second-order valence-corrected chi connectivity index (χ2v) is 6.15. The lowest BCUT2D eigenvalue weighted by Gasteiger charge is -2.20. The number of carboxylic acids is 1. The molecule has 0 radical (unpaired) electrons. The van der Waals surface area contributed by atoms with Crippen LogP contribution in [0.2, 0.25) is 5.02 Å². The molecule has 9 nitrogen and oxygen atoms in total. The van der Waals surface area contributed by atoms with Crippen LogP contribution in [-0.4, -0.2) is 43.2 Å². The maximum absolute atomic E-state index is 12.2. The number of halogens is 1. The van der Waals surface area contributed by atoms with Crippen molar-refractivity contribution in [2.75, 3.05) is 0 Å². The molecule has 1 heterocycles. The van der Waals surface area contributed by atoms with Crippen molar-refractivity contribution in [2.45, 2.75) is 39.5 Å². The van der Waals surface area contributed by atoms with Gasteiger partial charge in [0.1, 0.15) is 24.9 Å². The number of carbonyl (C=O) groups is 2. The van der Waals surface area contributed by atoms with Crippen molar-refractivity contribution >= 4 is 23.5 Å². The van der Waals surface area contributed by atoms with Gasteiger partial charge in [-0.1, -0.05) is 44.0 Å². The Morgan fingerprint density at radius 3 is 2.77 bits per heavy atom. The summed E-state index contributed by atoms with van der Waals surface area (Å²) < 4.78 is 6.81. The van der Waals surface area contributed by atoms with E-state index >= 15 is 0 Å². The molecule has 2 N–H and O–H groups in total. The summed E-state index contributed by atoms with van der Waals surface area (Å²) in [5.41, 5.74) is 0. The number of ether oxygens (including phenoxy) is 1. The SMILES string of the molecule is CCC(C)C(NC(=O)Cn1nnnc1COc1ccccc1Cl)C(=O)O. The second-order valence-electron chi connectivity index (χ2n) is 5.74. The standard InChI is InChI=1S/C16H20ClN5O4/c1-3-10(2)15(16(24)25)18-14(23)8-22-13(19-20-21-22)9-26-12-7-5-4-6-11(12)17/h4-7,10,15H,3,8-9H2,1-2H3,(H,18,23)(H,24,25). The highest BCUT2D eigenvalue weighted by atomic mass is 35.5. The molecule has 0 saturated heterocycles. The summed E-state index contributed by atoms with van der Waals surface area (Å²) in [5.74, 6) is -0.990. The first-order valence-electron chi connectivity index (χ1n) is 8.06. The highest BCUT2D eigenvalue weighted by Gasteiger charge is 2.25. The fourth-order valence-electron chi connectivity index (χ4n) is 2.19. The number of carboxylic acid groups (broad SMARTS) is 1. The first kappa shape index (κ1) is 19.6. The summed E-state index contributed by atoms with van der Waals surface area (Å²) in [5, 5.41) is 23.3. The van der Waals surface area contributed by atoms with Gasteiger partial charge in [0.15, 0.2) is 5.82 Å². The number of aromatic nitrogens is 4. The first-order valence-corrected chi connectivity index (χ1v) is 8.44. The highest BCUT2D eigenvalue weighted by Crippen LogP contribution is 2.23. The van der Waals surface area contributed by atoms with Crippen molar-refractivity contribution in [3.8, 4) is 5.75 Å². The van der Waals surface area contributed by atoms with Gasteiger partial charge in [-0.25, -0.2) is 9.48 Å². The molecular formula is C16H20ClN5O4. The van der Waals surface area contributed by atoms with E-state index in [0.29, 0.717) is 23.0 Å². The molecule has 2 unspecified atom stereocenters. The lowest BCUT2D eigenvalue weighted by atomic mass is 9.99. The molecule has 140 valence electrons. The van der Waals surface area contributed by atoms with Gasteiger partial charge in [-0.2, -0.15) is 0 Å². The smallest absolute Gasteiger partial charge is 0.326 e. The molecular weight excluding hydrogens is 362 g/mol. The van der Waals surface area contributed by atoms with Crippen LogP contribution >= 0.6 is 11.6 Å². The molecule has 0 bridgehead atoms. The Morgan fingerprint density at radius 2 is 2.12 bits per heavy atom. The third-order valence-electron chi connectivity index (χ3n) is 3.89. The largest absolute Gasteiger partial charge is 0.484 e. The van der Waals surface area contributed by atoms with E-state index in [1.165, 1.54) is 4.68 Å². The number of rotatable bonds is 9. The summed E-state index contributed by atoms with van der Waals surface area (Å²) in [4.78, 5) is 23.5. The quantitative estimate of drug-likeness (QED) is 0.675. The van der Waals surface area contributed by atoms with E-state index in [1.54, 1.807) is 31.2 Å². The van der Waals surface area contributed by atoms with Gasteiger partial charge < -0.3 is 15.2 Å². The van der Waals surface area contributed by atoms with Crippen LogP contribution in [0.15, 0.2) is 24.3 Å². The normalized spacial score (nSPS) is 13.0. The summed E-state index contributed by atoms with van der Waals surface area (Å²) in [7, 11) is 0. The van der Waals surface area contributed by atoms with Crippen molar-refractivity contribution in [2.24, 2.45) is 5.92 Å². The molecule has 0 aliphatic heterocycles. The molecule has 0 fully saturated rings. The fourth-order valence-corrected chi connectivity index (χ4v) is 2.38. The average Bonchev–Trinajstić information content (AvgIpc) is 3.05. The number of aliphatic carboxylic acids is 1. The van der Waals surface area contributed by atoms with E-state index in [9.17, 15) is 14.7 Å². The highest BCUT2D eigenvalue weighted by molar-refractivity contribution is 6.32. The molecule has 0 spiro atoms. The molecule has 10 heteroatoms. The second kappa shape index (κ2) is 9.14. The van der Waals surface area contributed by atoms with Gasteiger partial charge >= 0.3 is 5.97 Å². The lowest BCUT2D eigenvalue weighted by Crippen LogP contribution is -2.46. The van der Waals surface area contributed by atoms with Crippen molar-refractivity contribution in [3.05, 3.63) is 35.1 Å². The maximum atomic E-state index is 12.2. The number of nitrogens with one attached hydrogen (secondary N) is 1. The Labute approximate surface area is 155 Å². The molecule has 2 rings (SSSR count). The van der Waals surface area contributed by atoms with E-state index in [1.807, 2.05) is 6.92 Å². The van der Waals surface area contributed by atoms with Crippen molar-refractivity contribution in [3.63, 3.8) is 0 Å². The van der Waals surface area contributed by atoms with Gasteiger partial charge in [0, 0.05) is 0 Å². The minimum atomic E-state index is -1.08. The third kappa shape index (κ3) is 5.16. The van der Waals surface area contributed by atoms with Crippen LogP contribution in [0.5, 0.6) is 5.75 Å². The molecule has 2 aromatic rings. The Kier molecular flexibility index (Phi) is 6.90. The van der Waals surface area contributed by atoms with Gasteiger partial charge in [-0.05, 0) is 28.5 Å². The van der Waals surface area contributed by atoms with Crippen molar-refractivity contribution in [1.82, 2.24) is 25.5 Å². The zero-order valence-electron chi connectivity index (χ0n) is 14.4. The van der Waals surface area contributed by atoms with Gasteiger partial charge in [0.2, 0.25) is 5.91 Å². The van der Waals surface area contributed by atoms with Crippen LogP contribution in [0.1, 0.15) is 26.1 Å². The van der Waals surface area contributed by atoms with Crippen molar-refractivity contribution < 1.29 is 19.4 Å².